The molecule has 2 atom stereocenters. The van der Waals surface area contributed by atoms with Crippen LogP contribution in [0.4, 0.5) is 0 Å². The molecule has 1 saturated heterocycles. The lowest BCUT2D eigenvalue weighted by Gasteiger charge is -2.33. The molecule has 0 spiro atoms. The number of likely N-dealkylation sites (tertiary alicyclic amines) is 1. The number of piperidine rings is 1. The molecule has 0 radical (unpaired) electrons. The molecule has 2 unspecified atom stereocenters. The lowest BCUT2D eigenvalue weighted by atomic mass is 9.94. The highest BCUT2D eigenvalue weighted by Gasteiger charge is 2.23. The first-order valence-corrected chi connectivity index (χ1v) is 6.81. The van der Waals surface area contributed by atoms with Crippen LogP contribution in [0, 0.1) is 0 Å². The summed E-state index contributed by atoms with van der Waals surface area (Å²) in [4.78, 5) is 2.43. The molecule has 4 heteroatoms. The summed E-state index contributed by atoms with van der Waals surface area (Å²) in [5.41, 5.74) is 4.94. The topological polar surface area (TPSA) is 58.7 Å². The molecular formula is C13H28N2O2. The Morgan fingerprint density at radius 1 is 1.53 bits per heavy atom. The van der Waals surface area contributed by atoms with Crippen LogP contribution in [-0.2, 0) is 4.74 Å². The van der Waals surface area contributed by atoms with Gasteiger partial charge in [0.05, 0.1) is 11.7 Å². The normalized spacial score (nSPS) is 25.8. The smallest absolute Gasteiger partial charge is 0.0767 e. The fourth-order valence-electron chi connectivity index (χ4n) is 2.46. The predicted octanol–water partition coefficient (Wildman–Crippen LogP) is 0.977. The maximum absolute atomic E-state index is 10.1. The highest BCUT2D eigenvalue weighted by atomic mass is 16.5. The van der Waals surface area contributed by atoms with Crippen molar-refractivity contribution in [2.45, 2.75) is 50.7 Å². The zero-order valence-corrected chi connectivity index (χ0v) is 11.3. The minimum absolute atomic E-state index is 0.365. The van der Waals surface area contributed by atoms with Gasteiger partial charge in [0.15, 0.2) is 0 Å². The summed E-state index contributed by atoms with van der Waals surface area (Å²) in [7, 11) is 1.79. The molecule has 3 N–H and O–H groups in total. The van der Waals surface area contributed by atoms with Crippen molar-refractivity contribution >= 4 is 0 Å². The molecule has 0 aromatic carbocycles. The first kappa shape index (κ1) is 14.9. The van der Waals surface area contributed by atoms with Gasteiger partial charge in [-0.25, -0.2) is 0 Å². The number of nitrogens with zero attached hydrogens (tertiary/aromatic N) is 1. The fourth-order valence-corrected chi connectivity index (χ4v) is 2.46. The maximum atomic E-state index is 10.1. The lowest BCUT2D eigenvalue weighted by molar-refractivity contribution is 0.0164. The zero-order chi connectivity index (χ0) is 12.7. The van der Waals surface area contributed by atoms with Gasteiger partial charge >= 0.3 is 0 Å². The number of ether oxygens (including phenoxy) is 1. The molecule has 1 aliphatic rings. The average Bonchev–Trinajstić information content (AvgIpc) is 2.39. The number of rotatable bonds is 7. The van der Waals surface area contributed by atoms with Crippen molar-refractivity contribution in [1.29, 1.82) is 0 Å². The second kappa shape index (κ2) is 7.31. The summed E-state index contributed by atoms with van der Waals surface area (Å²) in [6.45, 7) is 5.60. The van der Waals surface area contributed by atoms with Gasteiger partial charge in [-0.05, 0) is 45.2 Å². The first-order chi connectivity index (χ1) is 8.13. The number of hydrogen-bond acceptors (Lipinski definition) is 4. The Kier molecular flexibility index (Phi) is 6.41. The van der Waals surface area contributed by atoms with E-state index in [0.29, 0.717) is 12.6 Å². The minimum Gasteiger partial charge on any atom is -0.389 e. The molecule has 4 nitrogen and oxygen atoms in total. The third-order valence-corrected chi connectivity index (χ3v) is 3.95. The van der Waals surface area contributed by atoms with Crippen LogP contribution in [0.5, 0.6) is 0 Å². The van der Waals surface area contributed by atoms with E-state index in [1.807, 2.05) is 6.92 Å². The number of methoxy groups -OCH3 is 1. The van der Waals surface area contributed by atoms with Gasteiger partial charge in [0.2, 0.25) is 0 Å². The van der Waals surface area contributed by atoms with E-state index in [9.17, 15) is 5.11 Å². The Morgan fingerprint density at radius 3 is 2.88 bits per heavy atom. The van der Waals surface area contributed by atoms with Crippen molar-refractivity contribution in [3.05, 3.63) is 0 Å². The Labute approximate surface area is 105 Å². The van der Waals surface area contributed by atoms with Crippen molar-refractivity contribution in [1.82, 2.24) is 4.90 Å². The summed E-state index contributed by atoms with van der Waals surface area (Å²) in [5, 5.41) is 10.1. The van der Waals surface area contributed by atoms with Crippen LogP contribution >= 0.6 is 0 Å². The number of aliphatic hydroxyl groups is 1. The van der Waals surface area contributed by atoms with Gasteiger partial charge < -0.3 is 20.5 Å². The summed E-state index contributed by atoms with van der Waals surface area (Å²) in [5.74, 6) is 0. The van der Waals surface area contributed by atoms with Gasteiger partial charge in [0.1, 0.15) is 0 Å². The number of nitrogens with two attached hydrogens (primary N) is 1. The third-order valence-electron chi connectivity index (χ3n) is 3.95. The van der Waals surface area contributed by atoms with Crippen LogP contribution in [0.3, 0.4) is 0 Å². The van der Waals surface area contributed by atoms with Crippen LogP contribution in [0.1, 0.15) is 39.0 Å². The molecule has 1 rings (SSSR count). The second-order valence-electron chi connectivity index (χ2n) is 5.19. The zero-order valence-electron chi connectivity index (χ0n) is 11.3. The van der Waals surface area contributed by atoms with E-state index in [1.165, 1.54) is 12.8 Å². The lowest BCUT2D eigenvalue weighted by Crippen LogP contribution is -2.41. The van der Waals surface area contributed by atoms with Crippen molar-refractivity contribution in [2.24, 2.45) is 5.73 Å². The van der Waals surface area contributed by atoms with Gasteiger partial charge in [-0.15, -0.1) is 0 Å². The molecule has 1 heterocycles. The molecule has 1 fully saturated rings. The van der Waals surface area contributed by atoms with Crippen molar-refractivity contribution in [2.75, 3.05) is 33.3 Å². The van der Waals surface area contributed by atoms with Crippen molar-refractivity contribution < 1.29 is 9.84 Å². The Morgan fingerprint density at radius 2 is 2.29 bits per heavy atom. The van der Waals surface area contributed by atoms with E-state index in [1.54, 1.807) is 7.11 Å². The molecule has 0 amide bonds. The van der Waals surface area contributed by atoms with Crippen LogP contribution < -0.4 is 5.73 Å². The van der Waals surface area contributed by atoms with Gasteiger partial charge in [0, 0.05) is 20.2 Å². The molecule has 0 aromatic heterocycles. The monoisotopic (exact) mass is 244 g/mol. The van der Waals surface area contributed by atoms with Crippen LogP contribution in [0.2, 0.25) is 0 Å². The van der Waals surface area contributed by atoms with Gasteiger partial charge in [-0.1, -0.05) is 6.92 Å². The molecule has 102 valence electrons. The summed E-state index contributed by atoms with van der Waals surface area (Å²) in [6.07, 6.45) is 5.33. The highest BCUT2D eigenvalue weighted by molar-refractivity contribution is 4.79. The molecule has 17 heavy (non-hydrogen) atoms. The fraction of sp³-hybridized carbons (Fsp3) is 1.00. The second-order valence-corrected chi connectivity index (χ2v) is 5.19. The molecule has 0 aromatic rings. The van der Waals surface area contributed by atoms with Crippen molar-refractivity contribution in [3.63, 3.8) is 0 Å². The van der Waals surface area contributed by atoms with E-state index < -0.39 is 5.60 Å². The maximum Gasteiger partial charge on any atom is 0.0767 e. The number of hydrogen-bond donors (Lipinski definition) is 2. The van der Waals surface area contributed by atoms with E-state index >= 15 is 0 Å². The van der Waals surface area contributed by atoms with Crippen LogP contribution in [0.15, 0.2) is 0 Å². The SMILES string of the molecule is CCC(O)(CN)CCCN1CCCC(OC)C1. The van der Waals surface area contributed by atoms with Gasteiger partial charge in [-0.3, -0.25) is 0 Å². The van der Waals surface area contributed by atoms with Gasteiger partial charge in [0.25, 0.3) is 0 Å². The minimum atomic E-state index is -0.656. The Hall–Kier alpha value is -0.160. The van der Waals surface area contributed by atoms with Crippen molar-refractivity contribution in [3.8, 4) is 0 Å². The molecule has 0 aliphatic carbocycles. The van der Waals surface area contributed by atoms with E-state index in [0.717, 1.165) is 38.9 Å². The average molecular weight is 244 g/mol. The first-order valence-electron chi connectivity index (χ1n) is 6.81. The summed E-state index contributed by atoms with van der Waals surface area (Å²) in [6, 6.07) is 0. The Balaban J connectivity index is 2.21. The molecule has 0 bridgehead atoms. The predicted molar refractivity (Wildman–Crippen MR) is 70.0 cm³/mol. The van der Waals surface area contributed by atoms with E-state index in [2.05, 4.69) is 4.90 Å². The van der Waals surface area contributed by atoms with E-state index in [-0.39, 0.29) is 0 Å². The summed E-state index contributed by atoms with van der Waals surface area (Å²) >= 11 is 0. The standard InChI is InChI=1S/C13H28N2O2/c1-3-13(16,11-14)7-5-9-15-8-4-6-12(10-15)17-2/h12,16H,3-11,14H2,1-2H3. The Bertz CT molecular complexity index is 208. The van der Waals surface area contributed by atoms with E-state index in [4.69, 9.17) is 10.5 Å². The summed E-state index contributed by atoms with van der Waals surface area (Å²) < 4.78 is 5.40. The van der Waals surface area contributed by atoms with Crippen LogP contribution in [0.25, 0.3) is 0 Å². The highest BCUT2D eigenvalue weighted by Crippen LogP contribution is 2.18. The third kappa shape index (κ3) is 4.92. The van der Waals surface area contributed by atoms with Crippen LogP contribution in [-0.4, -0.2) is 55.0 Å². The molecule has 0 saturated carbocycles. The molecule has 1 aliphatic heterocycles. The quantitative estimate of drug-likeness (QED) is 0.701. The largest absolute Gasteiger partial charge is 0.389 e. The van der Waals surface area contributed by atoms with Gasteiger partial charge in [-0.2, -0.15) is 0 Å². The molecular weight excluding hydrogens is 216 g/mol.